The molecule has 0 saturated carbocycles. The highest BCUT2D eigenvalue weighted by atomic mass is 35.5. The van der Waals surface area contributed by atoms with Crippen LogP contribution in [0.4, 0.5) is 0 Å². The standard InChI is InChI=1S/C17H34N2O.ClH/c1-13(2)10-17(4,5)12-19-16(20)9-14(3)15-7-6-8-18-11-15;/h13-15,18H,6-12H2,1-5H3,(H,19,20);1H. The minimum atomic E-state index is 0. The van der Waals surface area contributed by atoms with E-state index in [2.05, 4.69) is 45.3 Å². The van der Waals surface area contributed by atoms with Crippen molar-refractivity contribution in [2.45, 2.75) is 60.3 Å². The van der Waals surface area contributed by atoms with Gasteiger partial charge in [-0.3, -0.25) is 4.79 Å². The van der Waals surface area contributed by atoms with E-state index in [1.807, 2.05) is 0 Å². The van der Waals surface area contributed by atoms with Crippen LogP contribution in [0.25, 0.3) is 0 Å². The van der Waals surface area contributed by atoms with Crippen molar-refractivity contribution in [3.63, 3.8) is 0 Å². The summed E-state index contributed by atoms with van der Waals surface area (Å²) in [6.45, 7) is 14.2. The molecular formula is C17H35ClN2O. The van der Waals surface area contributed by atoms with E-state index in [0.717, 1.165) is 26.1 Å². The van der Waals surface area contributed by atoms with Gasteiger partial charge in [-0.15, -0.1) is 12.4 Å². The molecule has 0 bridgehead atoms. The molecule has 1 fully saturated rings. The lowest BCUT2D eigenvalue weighted by atomic mass is 9.83. The van der Waals surface area contributed by atoms with Crippen molar-refractivity contribution in [1.82, 2.24) is 10.6 Å². The fourth-order valence-corrected chi connectivity index (χ4v) is 3.41. The SMILES string of the molecule is CC(C)CC(C)(C)CNC(=O)CC(C)C1CCCNC1.Cl. The van der Waals surface area contributed by atoms with Crippen molar-refractivity contribution in [2.75, 3.05) is 19.6 Å². The Morgan fingerprint density at radius 3 is 2.52 bits per heavy atom. The van der Waals surface area contributed by atoms with Crippen molar-refractivity contribution >= 4 is 18.3 Å². The van der Waals surface area contributed by atoms with Crippen LogP contribution in [0, 0.1) is 23.2 Å². The zero-order valence-electron chi connectivity index (χ0n) is 14.5. The zero-order valence-corrected chi connectivity index (χ0v) is 15.3. The number of carbonyl (C=O) groups is 1. The van der Waals surface area contributed by atoms with Crippen LogP contribution in [-0.2, 0) is 4.79 Å². The highest BCUT2D eigenvalue weighted by Gasteiger charge is 2.24. The monoisotopic (exact) mass is 318 g/mol. The predicted molar refractivity (Wildman–Crippen MR) is 92.9 cm³/mol. The normalized spacial score (nSPS) is 20.8. The fraction of sp³-hybridized carbons (Fsp3) is 0.941. The van der Waals surface area contributed by atoms with E-state index in [-0.39, 0.29) is 23.7 Å². The quantitative estimate of drug-likeness (QED) is 0.752. The Labute approximate surface area is 137 Å². The first-order chi connectivity index (χ1) is 9.30. The minimum Gasteiger partial charge on any atom is -0.356 e. The molecule has 3 nitrogen and oxygen atoms in total. The molecule has 126 valence electrons. The Morgan fingerprint density at radius 2 is 2.00 bits per heavy atom. The second kappa shape index (κ2) is 9.68. The molecule has 0 aromatic carbocycles. The highest BCUT2D eigenvalue weighted by Crippen LogP contribution is 2.25. The highest BCUT2D eigenvalue weighted by molar-refractivity contribution is 5.85. The summed E-state index contributed by atoms with van der Waals surface area (Å²) in [5.41, 5.74) is 0.194. The summed E-state index contributed by atoms with van der Waals surface area (Å²) in [5.74, 6) is 2.04. The molecule has 1 amide bonds. The molecule has 0 aliphatic carbocycles. The van der Waals surface area contributed by atoms with Crippen LogP contribution < -0.4 is 10.6 Å². The van der Waals surface area contributed by atoms with Crippen LogP contribution in [0.15, 0.2) is 0 Å². The first kappa shape index (κ1) is 20.7. The van der Waals surface area contributed by atoms with E-state index in [1.54, 1.807) is 0 Å². The molecule has 0 aromatic rings. The Bertz CT molecular complexity index is 299. The number of carbonyl (C=O) groups excluding carboxylic acids is 1. The lowest BCUT2D eigenvalue weighted by molar-refractivity contribution is -0.122. The van der Waals surface area contributed by atoms with Gasteiger partial charge in [0.15, 0.2) is 0 Å². The number of halogens is 1. The molecule has 2 N–H and O–H groups in total. The molecule has 1 heterocycles. The van der Waals surface area contributed by atoms with Gasteiger partial charge in [0.05, 0.1) is 0 Å². The van der Waals surface area contributed by atoms with Crippen molar-refractivity contribution in [3.8, 4) is 0 Å². The smallest absolute Gasteiger partial charge is 0.220 e. The molecular weight excluding hydrogens is 284 g/mol. The summed E-state index contributed by atoms with van der Waals surface area (Å²) in [6.07, 6.45) is 4.33. The number of rotatable bonds is 7. The molecule has 2 atom stereocenters. The summed E-state index contributed by atoms with van der Waals surface area (Å²) in [4.78, 5) is 12.1. The molecule has 1 rings (SSSR count). The lowest BCUT2D eigenvalue weighted by Gasteiger charge is -2.29. The van der Waals surface area contributed by atoms with Gasteiger partial charge in [-0.1, -0.05) is 34.6 Å². The van der Waals surface area contributed by atoms with Gasteiger partial charge in [-0.2, -0.15) is 0 Å². The Hall–Kier alpha value is -0.280. The predicted octanol–water partition coefficient (Wildman–Crippen LogP) is 3.62. The number of amides is 1. The Kier molecular flexibility index (Phi) is 9.55. The lowest BCUT2D eigenvalue weighted by Crippen LogP contribution is -2.38. The first-order valence-electron chi connectivity index (χ1n) is 8.27. The number of piperidine rings is 1. The van der Waals surface area contributed by atoms with Crippen molar-refractivity contribution < 1.29 is 4.79 Å². The zero-order chi connectivity index (χ0) is 15.2. The van der Waals surface area contributed by atoms with Gasteiger partial charge in [0.25, 0.3) is 0 Å². The molecule has 4 heteroatoms. The van der Waals surface area contributed by atoms with Gasteiger partial charge in [0.1, 0.15) is 0 Å². The summed E-state index contributed by atoms with van der Waals surface area (Å²) in [6, 6.07) is 0. The molecule has 0 spiro atoms. The van der Waals surface area contributed by atoms with Crippen LogP contribution in [0.1, 0.15) is 60.3 Å². The summed E-state index contributed by atoms with van der Waals surface area (Å²) >= 11 is 0. The minimum absolute atomic E-state index is 0. The number of hydrogen-bond donors (Lipinski definition) is 2. The molecule has 2 unspecified atom stereocenters. The van der Waals surface area contributed by atoms with Crippen LogP contribution in [-0.4, -0.2) is 25.5 Å². The second-order valence-electron chi connectivity index (χ2n) is 7.83. The third-order valence-electron chi connectivity index (χ3n) is 4.37. The number of hydrogen-bond acceptors (Lipinski definition) is 2. The first-order valence-corrected chi connectivity index (χ1v) is 8.27. The van der Waals surface area contributed by atoms with E-state index in [0.29, 0.717) is 24.2 Å². The molecule has 1 aliphatic rings. The van der Waals surface area contributed by atoms with Gasteiger partial charge in [-0.25, -0.2) is 0 Å². The van der Waals surface area contributed by atoms with Gasteiger partial charge in [-0.05, 0) is 55.5 Å². The van der Waals surface area contributed by atoms with Crippen LogP contribution in [0.5, 0.6) is 0 Å². The Morgan fingerprint density at radius 1 is 1.33 bits per heavy atom. The average Bonchev–Trinajstić information content (AvgIpc) is 2.36. The van der Waals surface area contributed by atoms with Gasteiger partial charge in [0.2, 0.25) is 5.91 Å². The van der Waals surface area contributed by atoms with E-state index < -0.39 is 0 Å². The van der Waals surface area contributed by atoms with Gasteiger partial charge < -0.3 is 10.6 Å². The topological polar surface area (TPSA) is 41.1 Å². The van der Waals surface area contributed by atoms with Gasteiger partial charge >= 0.3 is 0 Å². The third-order valence-corrected chi connectivity index (χ3v) is 4.37. The number of nitrogens with one attached hydrogen (secondary N) is 2. The molecule has 0 aromatic heterocycles. The maximum absolute atomic E-state index is 12.1. The van der Waals surface area contributed by atoms with Crippen LogP contribution in [0.3, 0.4) is 0 Å². The molecule has 1 saturated heterocycles. The molecule has 21 heavy (non-hydrogen) atoms. The van der Waals surface area contributed by atoms with Crippen molar-refractivity contribution in [1.29, 1.82) is 0 Å². The van der Waals surface area contributed by atoms with Gasteiger partial charge in [0, 0.05) is 13.0 Å². The average molecular weight is 319 g/mol. The molecule has 0 radical (unpaired) electrons. The van der Waals surface area contributed by atoms with E-state index >= 15 is 0 Å². The largest absolute Gasteiger partial charge is 0.356 e. The molecule has 1 aliphatic heterocycles. The van der Waals surface area contributed by atoms with E-state index in [1.165, 1.54) is 12.8 Å². The fourth-order valence-electron chi connectivity index (χ4n) is 3.41. The maximum Gasteiger partial charge on any atom is 0.220 e. The summed E-state index contributed by atoms with van der Waals surface area (Å²) in [7, 11) is 0. The maximum atomic E-state index is 12.1. The summed E-state index contributed by atoms with van der Waals surface area (Å²) in [5, 5.41) is 6.57. The van der Waals surface area contributed by atoms with E-state index in [4.69, 9.17) is 0 Å². The summed E-state index contributed by atoms with van der Waals surface area (Å²) < 4.78 is 0. The van der Waals surface area contributed by atoms with Crippen LogP contribution >= 0.6 is 12.4 Å². The third kappa shape index (κ3) is 8.67. The Balaban J connectivity index is 0.00000400. The van der Waals surface area contributed by atoms with Crippen molar-refractivity contribution in [2.24, 2.45) is 23.2 Å². The van der Waals surface area contributed by atoms with E-state index in [9.17, 15) is 4.79 Å². The second-order valence-corrected chi connectivity index (χ2v) is 7.83. The van der Waals surface area contributed by atoms with Crippen molar-refractivity contribution in [3.05, 3.63) is 0 Å². The van der Waals surface area contributed by atoms with Crippen LogP contribution in [0.2, 0.25) is 0 Å².